The summed E-state index contributed by atoms with van der Waals surface area (Å²) >= 11 is 0. The molecule has 1 aromatic carbocycles. The SMILES string of the molecule is CCCCCCCCCCCCCc1ccccc1N=O. The topological polar surface area (TPSA) is 29.4 Å². The molecule has 0 N–H and O–H groups in total. The molecule has 0 fully saturated rings. The number of hydrogen-bond donors (Lipinski definition) is 0. The lowest BCUT2D eigenvalue weighted by molar-refractivity contribution is 0.549. The summed E-state index contributed by atoms with van der Waals surface area (Å²) < 4.78 is 0. The van der Waals surface area contributed by atoms with Crippen molar-refractivity contribution < 1.29 is 0 Å². The Morgan fingerprint density at radius 1 is 0.762 bits per heavy atom. The largest absolute Gasteiger partial charge is 0.145 e. The van der Waals surface area contributed by atoms with Crippen LogP contribution in [0, 0.1) is 4.91 Å². The van der Waals surface area contributed by atoms with Crippen LogP contribution in [0.25, 0.3) is 0 Å². The molecule has 118 valence electrons. The van der Waals surface area contributed by atoms with Crippen molar-refractivity contribution >= 4 is 5.69 Å². The minimum absolute atomic E-state index is 0.615. The highest BCUT2D eigenvalue weighted by Gasteiger charge is 2.01. The van der Waals surface area contributed by atoms with Gasteiger partial charge in [0.15, 0.2) is 0 Å². The molecule has 0 aliphatic carbocycles. The van der Waals surface area contributed by atoms with Crippen molar-refractivity contribution in [1.82, 2.24) is 0 Å². The molecule has 0 aliphatic rings. The summed E-state index contributed by atoms with van der Waals surface area (Å²) in [5.74, 6) is 0. The fourth-order valence-corrected chi connectivity index (χ4v) is 2.79. The standard InChI is InChI=1S/C19H31NO/c1-2-3-4-5-6-7-8-9-10-11-12-15-18-16-13-14-17-19(18)20-21/h13-14,16-17H,2-12,15H2,1H3. The smallest absolute Gasteiger partial charge is 0.111 e. The van der Waals surface area contributed by atoms with Crippen molar-refractivity contribution in [3.8, 4) is 0 Å². The van der Waals surface area contributed by atoms with E-state index >= 15 is 0 Å². The molecule has 0 saturated carbocycles. The second-order valence-electron chi connectivity index (χ2n) is 6.01. The summed E-state index contributed by atoms with van der Waals surface area (Å²) in [5, 5.41) is 3.09. The minimum atomic E-state index is 0.615. The van der Waals surface area contributed by atoms with E-state index in [-0.39, 0.29) is 0 Å². The van der Waals surface area contributed by atoms with Gasteiger partial charge < -0.3 is 0 Å². The van der Waals surface area contributed by atoms with Crippen molar-refractivity contribution in [2.45, 2.75) is 84.0 Å². The van der Waals surface area contributed by atoms with Crippen LogP contribution in [0.2, 0.25) is 0 Å². The van der Waals surface area contributed by atoms with Crippen molar-refractivity contribution in [3.63, 3.8) is 0 Å². The van der Waals surface area contributed by atoms with Gasteiger partial charge in [0.05, 0.1) is 0 Å². The van der Waals surface area contributed by atoms with Crippen LogP contribution < -0.4 is 0 Å². The quantitative estimate of drug-likeness (QED) is 0.286. The Hall–Kier alpha value is -1.18. The molecule has 0 bridgehead atoms. The van der Waals surface area contributed by atoms with Crippen LogP contribution in [0.5, 0.6) is 0 Å². The van der Waals surface area contributed by atoms with Gasteiger partial charge in [-0.2, -0.15) is 0 Å². The summed E-state index contributed by atoms with van der Waals surface area (Å²) in [5.41, 5.74) is 1.72. The van der Waals surface area contributed by atoms with Crippen LogP contribution in [0.15, 0.2) is 29.4 Å². The molecule has 2 heteroatoms. The van der Waals surface area contributed by atoms with Gasteiger partial charge in [0.2, 0.25) is 0 Å². The number of nitroso groups, excluding NO2 is 1. The molecule has 0 saturated heterocycles. The molecule has 0 atom stereocenters. The van der Waals surface area contributed by atoms with E-state index in [9.17, 15) is 4.91 Å². The normalized spacial score (nSPS) is 10.7. The first-order valence-corrected chi connectivity index (χ1v) is 8.79. The van der Waals surface area contributed by atoms with Crippen molar-refractivity contribution in [2.24, 2.45) is 5.18 Å². The monoisotopic (exact) mass is 289 g/mol. The van der Waals surface area contributed by atoms with Crippen molar-refractivity contribution in [2.75, 3.05) is 0 Å². The summed E-state index contributed by atoms with van der Waals surface area (Å²) in [6.07, 6.45) is 15.9. The number of nitrogens with zero attached hydrogens (tertiary/aromatic N) is 1. The summed E-state index contributed by atoms with van der Waals surface area (Å²) in [6.45, 7) is 2.27. The maximum absolute atomic E-state index is 10.7. The van der Waals surface area contributed by atoms with E-state index < -0.39 is 0 Å². The van der Waals surface area contributed by atoms with Crippen molar-refractivity contribution in [3.05, 3.63) is 34.7 Å². The second-order valence-corrected chi connectivity index (χ2v) is 6.01. The first-order valence-electron chi connectivity index (χ1n) is 8.79. The fourth-order valence-electron chi connectivity index (χ4n) is 2.79. The number of aryl methyl sites for hydroxylation is 1. The predicted octanol–water partition coefficient (Wildman–Crippen LogP) is 6.94. The summed E-state index contributed by atoms with van der Waals surface area (Å²) in [7, 11) is 0. The Labute approximate surface area is 130 Å². The molecular formula is C19H31NO. The first kappa shape index (κ1) is 17.9. The highest BCUT2D eigenvalue weighted by Crippen LogP contribution is 2.21. The Morgan fingerprint density at radius 2 is 1.29 bits per heavy atom. The number of hydrogen-bond acceptors (Lipinski definition) is 2. The van der Waals surface area contributed by atoms with Crippen LogP contribution in [0.3, 0.4) is 0 Å². The van der Waals surface area contributed by atoms with Crippen molar-refractivity contribution in [1.29, 1.82) is 0 Å². The Bertz CT molecular complexity index is 376. The Balaban J connectivity index is 1.94. The third-order valence-electron chi connectivity index (χ3n) is 4.14. The van der Waals surface area contributed by atoms with Gasteiger partial charge in [-0.05, 0) is 29.6 Å². The number of unbranched alkanes of at least 4 members (excludes halogenated alkanes) is 10. The molecule has 0 radical (unpaired) electrons. The second kappa shape index (κ2) is 12.6. The fraction of sp³-hybridized carbons (Fsp3) is 0.684. The van der Waals surface area contributed by atoms with Gasteiger partial charge in [0, 0.05) is 0 Å². The maximum atomic E-state index is 10.7. The zero-order chi connectivity index (χ0) is 15.2. The molecule has 21 heavy (non-hydrogen) atoms. The van der Waals surface area contributed by atoms with E-state index in [1.807, 2.05) is 18.2 Å². The highest BCUT2D eigenvalue weighted by atomic mass is 16.3. The Kier molecular flexibility index (Phi) is 10.7. The van der Waals surface area contributed by atoms with E-state index in [0.29, 0.717) is 5.69 Å². The van der Waals surface area contributed by atoms with E-state index in [1.54, 1.807) is 6.07 Å². The van der Waals surface area contributed by atoms with Crippen LogP contribution in [0.4, 0.5) is 5.69 Å². The van der Waals surface area contributed by atoms with Gasteiger partial charge in [-0.25, -0.2) is 0 Å². The van der Waals surface area contributed by atoms with Gasteiger partial charge in [-0.1, -0.05) is 89.3 Å². The third kappa shape index (κ3) is 8.64. The van der Waals surface area contributed by atoms with E-state index in [1.165, 1.54) is 70.6 Å². The lowest BCUT2D eigenvalue weighted by Crippen LogP contribution is -1.87. The average molecular weight is 289 g/mol. The van der Waals surface area contributed by atoms with Crippen LogP contribution in [-0.2, 0) is 6.42 Å². The maximum Gasteiger partial charge on any atom is 0.111 e. The third-order valence-corrected chi connectivity index (χ3v) is 4.14. The molecule has 2 nitrogen and oxygen atoms in total. The Morgan fingerprint density at radius 3 is 1.86 bits per heavy atom. The zero-order valence-electron chi connectivity index (χ0n) is 13.7. The number of rotatable bonds is 13. The predicted molar refractivity (Wildman–Crippen MR) is 92.1 cm³/mol. The van der Waals surface area contributed by atoms with Gasteiger partial charge >= 0.3 is 0 Å². The van der Waals surface area contributed by atoms with Crippen LogP contribution in [0.1, 0.15) is 83.1 Å². The summed E-state index contributed by atoms with van der Waals surface area (Å²) in [4.78, 5) is 10.7. The summed E-state index contributed by atoms with van der Waals surface area (Å²) in [6, 6.07) is 7.69. The number of benzene rings is 1. The van der Waals surface area contributed by atoms with E-state index in [4.69, 9.17) is 0 Å². The van der Waals surface area contributed by atoms with Gasteiger partial charge in [-0.3, -0.25) is 0 Å². The first-order chi connectivity index (χ1) is 10.4. The van der Waals surface area contributed by atoms with E-state index in [2.05, 4.69) is 12.1 Å². The van der Waals surface area contributed by atoms with Crippen LogP contribution in [-0.4, -0.2) is 0 Å². The highest BCUT2D eigenvalue weighted by molar-refractivity contribution is 5.45. The molecule has 1 rings (SSSR count). The van der Waals surface area contributed by atoms with Gasteiger partial charge in [-0.15, -0.1) is 4.91 Å². The molecule has 0 heterocycles. The molecule has 1 aromatic rings. The molecule has 0 aromatic heterocycles. The molecule has 0 amide bonds. The average Bonchev–Trinajstić information content (AvgIpc) is 2.53. The lowest BCUT2D eigenvalue weighted by atomic mass is 10.0. The minimum Gasteiger partial charge on any atom is -0.145 e. The van der Waals surface area contributed by atoms with Gasteiger partial charge in [0.1, 0.15) is 5.69 Å². The molecule has 0 unspecified atom stereocenters. The zero-order valence-corrected chi connectivity index (χ0v) is 13.7. The van der Waals surface area contributed by atoms with Crippen LogP contribution >= 0.6 is 0 Å². The molecule has 0 spiro atoms. The lowest BCUT2D eigenvalue weighted by Gasteiger charge is -2.04. The molecular weight excluding hydrogens is 258 g/mol. The van der Waals surface area contributed by atoms with E-state index in [0.717, 1.165) is 12.0 Å². The van der Waals surface area contributed by atoms with Gasteiger partial charge in [0.25, 0.3) is 0 Å². The molecule has 0 aliphatic heterocycles.